The zero-order valence-corrected chi connectivity index (χ0v) is 9.69. The standard InChI is InChI=1S/C9H15N5O3/c1-11-7-6(16-2)8(14-5-13-7)12-3-4-17-9(10)15/h5H,3-4H2,1-2H3,(H2,10,15)(H2,11,12,13,14). The maximum Gasteiger partial charge on any atom is 0.404 e. The number of primary amides is 1. The molecule has 0 radical (unpaired) electrons. The minimum Gasteiger partial charge on any atom is -0.490 e. The van der Waals surface area contributed by atoms with Crippen LogP contribution in [0.1, 0.15) is 0 Å². The highest BCUT2D eigenvalue weighted by atomic mass is 16.5. The van der Waals surface area contributed by atoms with E-state index in [4.69, 9.17) is 10.5 Å². The number of methoxy groups -OCH3 is 1. The first-order valence-electron chi connectivity index (χ1n) is 4.92. The van der Waals surface area contributed by atoms with E-state index >= 15 is 0 Å². The molecule has 0 saturated carbocycles. The number of rotatable bonds is 6. The van der Waals surface area contributed by atoms with E-state index in [0.717, 1.165) is 0 Å². The number of nitrogens with zero attached hydrogens (tertiary/aromatic N) is 2. The Morgan fingerprint density at radius 1 is 1.47 bits per heavy atom. The highest BCUT2D eigenvalue weighted by Crippen LogP contribution is 2.27. The third-order valence-corrected chi connectivity index (χ3v) is 1.88. The molecule has 0 unspecified atom stereocenters. The van der Waals surface area contributed by atoms with Crippen LogP contribution in [0.25, 0.3) is 0 Å². The second-order valence-corrected chi connectivity index (χ2v) is 2.95. The van der Waals surface area contributed by atoms with E-state index in [1.54, 1.807) is 7.05 Å². The Labute approximate surface area is 98.5 Å². The van der Waals surface area contributed by atoms with Gasteiger partial charge in [-0.1, -0.05) is 0 Å². The molecule has 0 aromatic carbocycles. The molecule has 8 heteroatoms. The molecule has 0 atom stereocenters. The van der Waals surface area contributed by atoms with Crippen LogP contribution in [0.3, 0.4) is 0 Å². The first-order valence-corrected chi connectivity index (χ1v) is 4.92. The van der Waals surface area contributed by atoms with Crippen molar-refractivity contribution in [2.75, 3.05) is 37.9 Å². The number of hydrogen-bond acceptors (Lipinski definition) is 7. The third-order valence-electron chi connectivity index (χ3n) is 1.88. The summed E-state index contributed by atoms with van der Waals surface area (Å²) in [6.45, 7) is 0.525. The van der Waals surface area contributed by atoms with Crippen LogP contribution in [0.2, 0.25) is 0 Å². The number of aromatic nitrogens is 2. The average Bonchev–Trinajstić information content (AvgIpc) is 2.33. The molecule has 1 heterocycles. The monoisotopic (exact) mass is 241 g/mol. The lowest BCUT2D eigenvalue weighted by atomic mass is 10.4. The number of carbonyl (C=O) groups excluding carboxylic acids is 1. The van der Waals surface area contributed by atoms with E-state index in [9.17, 15) is 4.79 Å². The van der Waals surface area contributed by atoms with Crippen molar-refractivity contribution in [3.05, 3.63) is 6.33 Å². The number of ether oxygens (including phenoxy) is 2. The van der Waals surface area contributed by atoms with Crippen molar-refractivity contribution in [2.45, 2.75) is 0 Å². The van der Waals surface area contributed by atoms with Crippen molar-refractivity contribution in [2.24, 2.45) is 5.73 Å². The maximum atomic E-state index is 10.3. The fraction of sp³-hybridized carbons (Fsp3) is 0.444. The lowest BCUT2D eigenvalue weighted by molar-refractivity contribution is 0.161. The van der Waals surface area contributed by atoms with E-state index in [1.165, 1.54) is 13.4 Å². The predicted molar refractivity (Wildman–Crippen MR) is 62.2 cm³/mol. The van der Waals surface area contributed by atoms with Crippen molar-refractivity contribution in [1.29, 1.82) is 0 Å². The fourth-order valence-electron chi connectivity index (χ4n) is 1.19. The molecule has 0 bridgehead atoms. The lowest BCUT2D eigenvalue weighted by Crippen LogP contribution is -2.19. The lowest BCUT2D eigenvalue weighted by Gasteiger charge is -2.12. The van der Waals surface area contributed by atoms with Crippen LogP contribution in [0, 0.1) is 0 Å². The van der Waals surface area contributed by atoms with E-state index in [1.807, 2.05) is 0 Å². The molecule has 0 aliphatic rings. The minimum atomic E-state index is -0.808. The molecule has 1 aromatic rings. The highest BCUT2D eigenvalue weighted by molar-refractivity contribution is 5.65. The van der Waals surface area contributed by atoms with Crippen molar-refractivity contribution in [1.82, 2.24) is 9.97 Å². The molecule has 1 amide bonds. The first kappa shape index (κ1) is 12.8. The molecule has 8 nitrogen and oxygen atoms in total. The fourth-order valence-corrected chi connectivity index (χ4v) is 1.19. The number of carbonyl (C=O) groups is 1. The Balaban J connectivity index is 2.60. The number of hydrogen-bond donors (Lipinski definition) is 3. The molecule has 4 N–H and O–H groups in total. The van der Waals surface area contributed by atoms with E-state index in [2.05, 4.69) is 25.3 Å². The van der Waals surface area contributed by atoms with Gasteiger partial charge in [0.25, 0.3) is 0 Å². The van der Waals surface area contributed by atoms with Gasteiger partial charge in [-0.3, -0.25) is 0 Å². The summed E-state index contributed by atoms with van der Waals surface area (Å²) in [6.07, 6.45) is 0.586. The third kappa shape index (κ3) is 3.67. The molecule has 94 valence electrons. The molecule has 1 rings (SSSR count). The van der Waals surface area contributed by atoms with Gasteiger partial charge in [0.05, 0.1) is 13.7 Å². The van der Waals surface area contributed by atoms with Crippen molar-refractivity contribution >= 4 is 17.7 Å². The molecular formula is C9H15N5O3. The van der Waals surface area contributed by atoms with Gasteiger partial charge >= 0.3 is 6.09 Å². The van der Waals surface area contributed by atoms with Gasteiger partial charge in [-0.25, -0.2) is 14.8 Å². The molecule has 1 aromatic heterocycles. The Bertz CT molecular complexity index is 385. The van der Waals surface area contributed by atoms with Crippen LogP contribution >= 0.6 is 0 Å². The van der Waals surface area contributed by atoms with Gasteiger partial charge in [-0.05, 0) is 0 Å². The maximum absolute atomic E-state index is 10.3. The molecular weight excluding hydrogens is 226 g/mol. The van der Waals surface area contributed by atoms with Gasteiger partial charge in [0.2, 0.25) is 5.75 Å². The number of anilines is 2. The van der Waals surface area contributed by atoms with Crippen LogP contribution in [0.5, 0.6) is 5.75 Å². The number of amides is 1. The van der Waals surface area contributed by atoms with Gasteiger partial charge in [0, 0.05) is 7.05 Å². The first-order chi connectivity index (χ1) is 8.19. The number of nitrogens with one attached hydrogen (secondary N) is 2. The second kappa shape index (κ2) is 6.36. The van der Waals surface area contributed by atoms with E-state index < -0.39 is 6.09 Å². The smallest absolute Gasteiger partial charge is 0.404 e. The van der Waals surface area contributed by atoms with Crippen molar-refractivity contribution in [3.63, 3.8) is 0 Å². The topological polar surface area (TPSA) is 111 Å². The molecule has 0 spiro atoms. The Kier molecular flexibility index (Phi) is 4.79. The summed E-state index contributed by atoms with van der Waals surface area (Å²) >= 11 is 0. The summed E-state index contributed by atoms with van der Waals surface area (Å²) in [5.41, 5.74) is 4.82. The molecule has 0 aliphatic carbocycles. The Morgan fingerprint density at radius 2 is 2.18 bits per heavy atom. The largest absolute Gasteiger partial charge is 0.490 e. The SMILES string of the molecule is CNc1ncnc(NCCOC(N)=O)c1OC. The summed E-state index contributed by atoms with van der Waals surface area (Å²) < 4.78 is 9.73. The molecule has 0 fully saturated rings. The summed E-state index contributed by atoms with van der Waals surface area (Å²) in [7, 11) is 3.25. The van der Waals surface area contributed by atoms with Gasteiger partial charge in [0.1, 0.15) is 12.9 Å². The second-order valence-electron chi connectivity index (χ2n) is 2.95. The molecule has 0 aliphatic heterocycles. The van der Waals surface area contributed by atoms with Gasteiger partial charge < -0.3 is 25.8 Å². The quantitative estimate of drug-likeness (QED) is 0.602. The zero-order valence-electron chi connectivity index (χ0n) is 9.69. The molecule has 17 heavy (non-hydrogen) atoms. The summed E-state index contributed by atoms with van der Waals surface area (Å²) in [4.78, 5) is 18.4. The van der Waals surface area contributed by atoms with Crippen LogP contribution in [-0.4, -0.2) is 43.4 Å². The van der Waals surface area contributed by atoms with Crippen LogP contribution in [0.15, 0.2) is 6.33 Å². The Hall–Kier alpha value is -2.25. The minimum absolute atomic E-state index is 0.150. The van der Waals surface area contributed by atoms with E-state index in [-0.39, 0.29) is 6.61 Å². The van der Waals surface area contributed by atoms with E-state index in [0.29, 0.717) is 23.9 Å². The van der Waals surface area contributed by atoms with Crippen LogP contribution in [0.4, 0.5) is 16.4 Å². The van der Waals surface area contributed by atoms with Crippen LogP contribution in [-0.2, 0) is 4.74 Å². The van der Waals surface area contributed by atoms with Crippen LogP contribution < -0.4 is 21.1 Å². The summed E-state index contributed by atoms with van der Waals surface area (Å²) in [6, 6.07) is 0. The van der Waals surface area contributed by atoms with Gasteiger partial charge in [-0.2, -0.15) is 0 Å². The normalized spacial score (nSPS) is 9.53. The highest BCUT2D eigenvalue weighted by Gasteiger charge is 2.10. The van der Waals surface area contributed by atoms with Gasteiger partial charge in [0.15, 0.2) is 11.6 Å². The summed E-state index contributed by atoms with van der Waals surface area (Å²) in [5.74, 6) is 1.58. The molecule has 0 saturated heterocycles. The van der Waals surface area contributed by atoms with Crippen molar-refractivity contribution < 1.29 is 14.3 Å². The number of nitrogens with two attached hydrogens (primary N) is 1. The predicted octanol–water partition coefficient (Wildman–Crippen LogP) is 0.0341. The zero-order chi connectivity index (χ0) is 12.7. The van der Waals surface area contributed by atoms with Crippen molar-refractivity contribution in [3.8, 4) is 5.75 Å². The Morgan fingerprint density at radius 3 is 2.76 bits per heavy atom. The van der Waals surface area contributed by atoms with Gasteiger partial charge in [-0.15, -0.1) is 0 Å². The summed E-state index contributed by atoms with van der Waals surface area (Å²) in [5, 5.41) is 5.82. The average molecular weight is 241 g/mol.